The summed E-state index contributed by atoms with van der Waals surface area (Å²) in [5.74, 6) is -0.318. The summed E-state index contributed by atoms with van der Waals surface area (Å²) >= 11 is 0. The Labute approximate surface area is 119 Å². The fraction of sp³-hybridized carbons (Fsp3) is 0.769. The van der Waals surface area contributed by atoms with Crippen LogP contribution in [0.3, 0.4) is 0 Å². The molecule has 0 radical (unpaired) electrons. The molecule has 4 amide bonds. The van der Waals surface area contributed by atoms with Crippen LogP contribution in [0.4, 0.5) is 4.79 Å². The monoisotopic (exact) mass is 284 g/mol. The van der Waals surface area contributed by atoms with Crippen molar-refractivity contribution in [1.29, 1.82) is 0 Å². The van der Waals surface area contributed by atoms with Crippen LogP contribution in [0.2, 0.25) is 0 Å². The number of unbranched alkanes of at least 4 members (excludes halogenated alkanes) is 1. The van der Waals surface area contributed by atoms with Crippen molar-refractivity contribution < 1.29 is 14.4 Å². The third kappa shape index (κ3) is 5.16. The third-order valence-corrected chi connectivity index (χ3v) is 3.28. The van der Waals surface area contributed by atoms with Gasteiger partial charge in [-0.05, 0) is 12.8 Å². The normalized spacial score (nSPS) is 16.2. The van der Waals surface area contributed by atoms with E-state index in [9.17, 15) is 14.4 Å². The Morgan fingerprint density at radius 1 is 1.45 bits per heavy atom. The zero-order valence-electron chi connectivity index (χ0n) is 12.0. The van der Waals surface area contributed by atoms with E-state index in [4.69, 9.17) is 5.73 Å². The van der Waals surface area contributed by atoms with Gasteiger partial charge in [0.25, 0.3) is 0 Å². The molecular weight excluding hydrogens is 260 g/mol. The number of carbonyl (C=O) groups is 3. The molecule has 7 nitrogen and oxygen atoms in total. The molecule has 0 aromatic carbocycles. The molecule has 0 aliphatic carbocycles. The van der Waals surface area contributed by atoms with Crippen molar-refractivity contribution >= 4 is 17.8 Å². The van der Waals surface area contributed by atoms with Crippen molar-refractivity contribution in [3.63, 3.8) is 0 Å². The van der Waals surface area contributed by atoms with Gasteiger partial charge >= 0.3 is 6.03 Å². The van der Waals surface area contributed by atoms with Crippen molar-refractivity contribution in [3.8, 4) is 0 Å². The van der Waals surface area contributed by atoms with E-state index in [2.05, 4.69) is 17.6 Å². The van der Waals surface area contributed by atoms with E-state index in [1.807, 2.05) is 0 Å². The molecule has 4 N–H and O–H groups in total. The van der Waals surface area contributed by atoms with Crippen molar-refractivity contribution in [2.24, 2.45) is 5.73 Å². The van der Waals surface area contributed by atoms with Crippen molar-refractivity contribution in [2.75, 3.05) is 19.6 Å². The Morgan fingerprint density at radius 2 is 2.20 bits per heavy atom. The molecular formula is C13H24N4O3. The minimum absolute atomic E-state index is 0.0131. The maximum absolute atomic E-state index is 11.7. The predicted molar refractivity (Wildman–Crippen MR) is 74.9 cm³/mol. The summed E-state index contributed by atoms with van der Waals surface area (Å²) in [7, 11) is 0. The van der Waals surface area contributed by atoms with E-state index in [1.54, 1.807) is 0 Å². The van der Waals surface area contributed by atoms with E-state index < -0.39 is 0 Å². The highest BCUT2D eigenvalue weighted by molar-refractivity contribution is 6.01. The lowest BCUT2D eigenvalue weighted by molar-refractivity contribution is -0.126. The maximum Gasteiger partial charge on any atom is 0.324 e. The fourth-order valence-electron chi connectivity index (χ4n) is 2.08. The number of amides is 4. The topological polar surface area (TPSA) is 105 Å². The van der Waals surface area contributed by atoms with Crippen LogP contribution in [0.5, 0.6) is 0 Å². The summed E-state index contributed by atoms with van der Waals surface area (Å²) < 4.78 is 0. The molecule has 114 valence electrons. The molecule has 1 rings (SSSR count). The first-order valence-electron chi connectivity index (χ1n) is 7.16. The summed E-state index contributed by atoms with van der Waals surface area (Å²) in [5, 5.41) is 5.32. The summed E-state index contributed by atoms with van der Waals surface area (Å²) in [5.41, 5.74) is 5.61. The quantitative estimate of drug-likeness (QED) is 0.516. The van der Waals surface area contributed by atoms with Gasteiger partial charge in [0.1, 0.15) is 0 Å². The molecule has 20 heavy (non-hydrogen) atoms. The third-order valence-electron chi connectivity index (χ3n) is 3.28. The van der Waals surface area contributed by atoms with Gasteiger partial charge in [-0.15, -0.1) is 0 Å². The highest BCUT2D eigenvalue weighted by atomic mass is 16.2. The number of hydrogen-bond acceptors (Lipinski definition) is 4. The molecule has 1 heterocycles. The standard InChI is InChI=1S/C13H24N4O3/c1-2-3-5-10(8-14)16-11(18)6-4-7-17-12(19)9-15-13(17)20/h10H,2-9,14H2,1H3,(H,15,20)(H,16,18). The van der Waals surface area contributed by atoms with E-state index in [0.29, 0.717) is 19.4 Å². The second-order valence-electron chi connectivity index (χ2n) is 4.95. The average Bonchev–Trinajstić information content (AvgIpc) is 2.75. The zero-order valence-corrected chi connectivity index (χ0v) is 12.0. The van der Waals surface area contributed by atoms with Gasteiger partial charge in [0, 0.05) is 25.6 Å². The van der Waals surface area contributed by atoms with Crippen LogP contribution in [-0.4, -0.2) is 48.4 Å². The Balaban J connectivity index is 2.22. The van der Waals surface area contributed by atoms with Gasteiger partial charge in [0.05, 0.1) is 6.54 Å². The molecule has 1 unspecified atom stereocenters. The number of urea groups is 1. The number of carbonyl (C=O) groups excluding carboxylic acids is 3. The minimum atomic E-state index is -0.377. The van der Waals surface area contributed by atoms with E-state index in [1.165, 1.54) is 0 Å². The maximum atomic E-state index is 11.7. The molecule has 1 aliphatic heterocycles. The molecule has 0 bridgehead atoms. The first kappa shape index (κ1) is 16.4. The number of nitrogens with one attached hydrogen (secondary N) is 2. The number of hydrogen-bond donors (Lipinski definition) is 3. The molecule has 0 saturated carbocycles. The van der Waals surface area contributed by atoms with Crippen LogP contribution < -0.4 is 16.4 Å². The average molecular weight is 284 g/mol. The lowest BCUT2D eigenvalue weighted by atomic mass is 10.1. The molecule has 0 aromatic rings. The Kier molecular flexibility index (Phi) is 7.00. The summed E-state index contributed by atoms with van der Waals surface area (Å²) in [6.45, 7) is 2.85. The molecule has 1 aliphatic rings. The van der Waals surface area contributed by atoms with Gasteiger partial charge in [0.2, 0.25) is 11.8 Å². The lowest BCUT2D eigenvalue weighted by Crippen LogP contribution is -2.40. The van der Waals surface area contributed by atoms with Crippen LogP contribution in [0, 0.1) is 0 Å². The Bertz CT molecular complexity index is 344. The smallest absolute Gasteiger partial charge is 0.324 e. The van der Waals surface area contributed by atoms with Gasteiger partial charge in [0.15, 0.2) is 0 Å². The molecule has 0 spiro atoms. The number of nitrogens with two attached hydrogens (primary N) is 1. The van der Waals surface area contributed by atoms with Gasteiger partial charge < -0.3 is 16.4 Å². The van der Waals surface area contributed by atoms with Crippen molar-refractivity contribution in [1.82, 2.24) is 15.5 Å². The lowest BCUT2D eigenvalue weighted by Gasteiger charge is -2.17. The highest BCUT2D eigenvalue weighted by Crippen LogP contribution is 2.03. The number of nitrogens with zero attached hydrogens (tertiary/aromatic N) is 1. The van der Waals surface area contributed by atoms with Crippen LogP contribution in [0.1, 0.15) is 39.0 Å². The van der Waals surface area contributed by atoms with Crippen LogP contribution in [0.25, 0.3) is 0 Å². The molecule has 1 fully saturated rings. The van der Waals surface area contributed by atoms with Gasteiger partial charge in [-0.25, -0.2) is 4.79 Å². The molecule has 0 aromatic heterocycles. The minimum Gasteiger partial charge on any atom is -0.352 e. The van der Waals surface area contributed by atoms with Gasteiger partial charge in [-0.2, -0.15) is 0 Å². The van der Waals surface area contributed by atoms with Gasteiger partial charge in [-0.1, -0.05) is 19.8 Å². The second-order valence-corrected chi connectivity index (χ2v) is 4.95. The number of imide groups is 1. The highest BCUT2D eigenvalue weighted by Gasteiger charge is 2.27. The van der Waals surface area contributed by atoms with Crippen LogP contribution in [-0.2, 0) is 9.59 Å². The largest absolute Gasteiger partial charge is 0.352 e. The summed E-state index contributed by atoms with van der Waals surface area (Å²) in [6, 6.07) is -0.364. The Hall–Kier alpha value is -1.63. The number of rotatable bonds is 9. The predicted octanol–water partition coefficient (Wildman–Crippen LogP) is -0.0479. The van der Waals surface area contributed by atoms with E-state index >= 15 is 0 Å². The van der Waals surface area contributed by atoms with E-state index in [0.717, 1.165) is 24.2 Å². The SMILES string of the molecule is CCCCC(CN)NC(=O)CCCN1C(=O)CNC1=O. The summed E-state index contributed by atoms with van der Waals surface area (Å²) in [4.78, 5) is 35.5. The van der Waals surface area contributed by atoms with Crippen LogP contribution >= 0.6 is 0 Å². The van der Waals surface area contributed by atoms with Gasteiger partial charge in [-0.3, -0.25) is 14.5 Å². The van der Waals surface area contributed by atoms with Crippen molar-refractivity contribution in [2.45, 2.75) is 45.1 Å². The van der Waals surface area contributed by atoms with Crippen molar-refractivity contribution in [3.05, 3.63) is 0 Å². The van der Waals surface area contributed by atoms with E-state index in [-0.39, 0.29) is 37.0 Å². The second kappa shape index (κ2) is 8.52. The molecule has 7 heteroatoms. The first-order chi connectivity index (χ1) is 9.58. The van der Waals surface area contributed by atoms with Crippen LogP contribution in [0.15, 0.2) is 0 Å². The summed E-state index contributed by atoms with van der Waals surface area (Å²) in [6.07, 6.45) is 3.74. The first-order valence-corrected chi connectivity index (χ1v) is 7.16. The molecule has 1 atom stereocenters. The zero-order chi connectivity index (χ0) is 15.0. The Morgan fingerprint density at radius 3 is 2.75 bits per heavy atom. The molecule has 1 saturated heterocycles. The fourth-order valence-corrected chi connectivity index (χ4v) is 2.08.